The van der Waals surface area contributed by atoms with Crippen LogP contribution in [0.3, 0.4) is 0 Å². The van der Waals surface area contributed by atoms with Gasteiger partial charge in [0.25, 0.3) is 0 Å². The van der Waals surface area contributed by atoms with Gasteiger partial charge in [0.1, 0.15) is 11.8 Å². The van der Waals surface area contributed by atoms with E-state index in [2.05, 4.69) is 47.1 Å². The summed E-state index contributed by atoms with van der Waals surface area (Å²) in [7, 11) is 2.18. The topological polar surface area (TPSA) is 55.2 Å². The summed E-state index contributed by atoms with van der Waals surface area (Å²) in [6, 6.07) is 6.32. The predicted molar refractivity (Wildman–Crippen MR) is 85.1 cm³/mol. The molecule has 1 saturated heterocycles. The van der Waals surface area contributed by atoms with Crippen LogP contribution in [0.1, 0.15) is 19.5 Å². The molecule has 1 aromatic heterocycles. The minimum Gasteiger partial charge on any atom is -0.383 e. The molecule has 1 aliphatic heterocycles. The standard InChI is InChI=1S/C16H25N5/c1-13(2)16(21-8-6-20(3)7-9-21)12-19-14-4-5-18-15(10-14)11-17/h4-5,10,13,16H,6-9,12H2,1-3H3,(H,18,19). The second kappa shape index (κ2) is 7.39. The van der Waals surface area contributed by atoms with Gasteiger partial charge in [-0.3, -0.25) is 4.90 Å². The Labute approximate surface area is 127 Å². The molecule has 0 aliphatic carbocycles. The van der Waals surface area contributed by atoms with Crippen LogP contribution < -0.4 is 5.32 Å². The van der Waals surface area contributed by atoms with Gasteiger partial charge in [0.15, 0.2) is 0 Å². The van der Waals surface area contributed by atoms with Gasteiger partial charge in [-0.2, -0.15) is 5.26 Å². The van der Waals surface area contributed by atoms with E-state index in [0.29, 0.717) is 17.7 Å². The lowest BCUT2D eigenvalue weighted by Gasteiger charge is -2.40. The number of anilines is 1. The van der Waals surface area contributed by atoms with Gasteiger partial charge in [-0.15, -0.1) is 0 Å². The number of pyridine rings is 1. The van der Waals surface area contributed by atoms with E-state index >= 15 is 0 Å². The number of nitrogens with one attached hydrogen (secondary N) is 1. The Balaban J connectivity index is 1.95. The molecule has 0 amide bonds. The Bertz CT molecular complexity index is 486. The van der Waals surface area contributed by atoms with Crippen molar-refractivity contribution in [3.63, 3.8) is 0 Å². The molecular weight excluding hydrogens is 262 g/mol. The minimum atomic E-state index is 0.459. The first-order valence-corrected chi connectivity index (χ1v) is 7.62. The van der Waals surface area contributed by atoms with E-state index in [-0.39, 0.29) is 0 Å². The number of rotatable bonds is 5. The molecule has 5 heteroatoms. The smallest absolute Gasteiger partial charge is 0.142 e. The molecule has 5 nitrogen and oxygen atoms in total. The number of hydrogen-bond donors (Lipinski definition) is 1. The van der Waals surface area contributed by atoms with Crippen LogP contribution in [0.25, 0.3) is 0 Å². The quantitative estimate of drug-likeness (QED) is 0.892. The van der Waals surface area contributed by atoms with Crippen molar-refractivity contribution >= 4 is 5.69 Å². The zero-order valence-electron chi connectivity index (χ0n) is 13.2. The highest BCUT2D eigenvalue weighted by molar-refractivity contribution is 5.45. The number of hydrogen-bond acceptors (Lipinski definition) is 5. The van der Waals surface area contributed by atoms with Gasteiger partial charge in [-0.25, -0.2) is 4.98 Å². The van der Waals surface area contributed by atoms with Gasteiger partial charge >= 0.3 is 0 Å². The zero-order chi connectivity index (χ0) is 15.2. The highest BCUT2D eigenvalue weighted by Gasteiger charge is 2.24. The molecule has 2 rings (SSSR count). The van der Waals surface area contributed by atoms with Gasteiger partial charge < -0.3 is 10.2 Å². The maximum Gasteiger partial charge on any atom is 0.142 e. The van der Waals surface area contributed by atoms with Gasteiger partial charge in [0.05, 0.1) is 0 Å². The molecule has 1 N–H and O–H groups in total. The van der Waals surface area contributed by atoms with E-state index in [1.807, 2.05) is 6.07 Å². The lowest BCUT2D eigenvalue weighted by molar-refractivity contribution is 0.0944. The molecule has 114 valence electrons. The molecule has 1 aliphatic rings. The van der Waals surface area contributed by atoms with E-state index in [1.54, 1.807) is 12.3 Å². The summed E-state index contributed by atoms with van der Waals surface area (Å²) in [5.41, 5.74) is 1.43. The molecule has 0 saturated carbocycles. The number of aromatic nitrogens is 1. The highest BCUT2D eigenvalue weighted by atomic mass is 15.3. The molecule has 0 spiro atoms. The third-order valence-electron chi connectivity index (χ3n) is 4.17. The SMILES string of the molecule is CC(C)C(CNc1ccnc(C#N)c1)N1CCN(C)CC1. The Kier molecular flexibility index (Phi) is 5.54. The van der Waals surface area contributed by atoms with E-state index in [9.17, 15) is 0 Å². The third-order valence-corrected chi connectivity index (χ3v) is 4.17. The summed E-state index contributed by atoms with van der Waals surface area (Å²) in [6.07, 6.45) is 1.68. The van der Waals surface area contributed by atoms with E-state index in [0.717, 1.165) is 38.4 Å². The minimum absolute atomic E-state index is 0.459. The van der Waals surface area contributed by atoms with Crippen LogP contribution in [0, 0.1) is 17.2 Å². The van der Waals surface area contributed by atoms with Crippen molar-refractivity contribution in [1.29, 1.82) is 5.26 Å². The first-order chi connectivity index (χ1) is 10.1. The fourth-order valence-corrected chi connectivity index (χ4v) is 2.76. The van der Waals surface area contributed by atoms with Crippen LogP contribution in [-0.4, -0.2) is 60.6 Å². The first kappa shape index (κ1) is 15.7. The largest absolute Gasteiger partial charge is 0.383 e. The van der Waals surface area contributed by atoms with E-state index < -0.39 is 0 Å². The Hall–Kier alpha value is -1.64. The van der Waals surface area contributed by atoms with Gasteiger partial charge in [0, 0.05) is 50.6 Å². The Morgan fingerprint density at radius 2 is 2.05 bits per heavy atom. The third kappa shape index (κ3) is 4.42. The second-order valence-corrected chi connectivity index (χ2v) is 6.07. The first-order valence-electron chi connectivity index (χ1n) is 7.62. The summed E-state index contributed by atoms with van der Waals surface area (Å²) in [5, 5.41) is 12.4. The number of nitrogens with zero attached hydrogens (tertiary/aromatic N) is 4. The lowest BCUT2D eigenvalue weighted by atomic mass is 10.0. The number of nitriles is 1. The van der Waals surface area contributed by atoms with Crippen molar-refractivity contribution in [3.8, 4) is 6.07 Å². The molecule has 1 unspecified atom stereocenters. The average Bonchev–Trinajstić information content (AvgIpc) is 2.49. The van der Waals surface area contributed by atoms with Gasteiger partial charge in [-0.05, 0) is 25.1 Å². The van der Waals surface area contributed by atoms with Crippen LogP contribution in [-0.2, 0) is 0 Å². The van der Waals surface area contributed by atoms with E-state index in [1.165, 1.54) is 0 Å². The van der Waals surface area contributed by atoms with Crippen molar-refractivity contribution in [2.45, 2.75) is 19.9 Å². The molecule has 1 fully saturated rings. The molecule has 1 atom stereocenters. The zero-order valence-corrected chi connectivity index (χ0v) is 13.2. The molecule has 0 radical (unpaired) electrons. The van der Waals surface area contributed by atoms with Crippen molar-refractivity contribution in [3.05, 3.63) is 24.0 Å². The van der Waals surface area contributed by atoms with Gasteiger partial charge in [-0.1, -0.05) is 13.8 Å². The number of likely N-dealkylation sites (N-methyl/N-ethyl adjacent to an activating group) is 1. The summed E-state index contributed by atoms with van der Waals surface area (Å²) in [5.74, 6) is 0.596. The summed E-state index contributed by atoms with van der Waals surface area (Å²) < 4.78 is 0. The molecule has 0 bridgehead atoms. The molecule has 1 aromatic rings. The summed E-state index contributed by atoms with van der Waals surface area (Å²) >= 11 is 0. The van der Waals surface area contributed by atoms with Crippen molar-refractivity contribution in [1.82, 2.24) is 14.8 Å². The maximum atomic E-state index is 8.90. The maximum absolute atomic E-state index is 8.90. The lowest BCUT2D eigenvalue weighted by Crippen LogP contribution is -2.52. The highest BCUT2D eigenvalue weighted by Crippen LogP contribution is 2.15. The molecule has 2 heterocycles. The fraction of sp³-hybridized carbons (Fsp3) is 0.625. The Morgan fingerprint density at radius 3 is 2.67 bits per heavy atom. The van der Waals surface area contributed by atoms with E-state index in [4.69, 9.17) is 5.26 Å². The molecule has 21 heavy (non-hydrogen) atoms. The summed E-state index contributed by atoms with van der Waals surface area (Å²) in [6.45, 7) is 9.97. The van der Waals surface area contributed by atoms with Crippen molar-refractivity contribution in [2.24, 2.45) is 5.92 Å². The number of piperazine rings is 1. The summed E-state index contributed by atoms with van der Waals surface area (Å²) in [4.78, 5) is 8.95. The van der Waals surface area contributed by atoms with Gasteiger partial charge in [0.2, 0.25) is 0 Å². The normalized spacial score (nSPS) is 18.4. The molecular formula is C16H25N5. The van der Waals surface area contributed by atoms with Crippen LogP contribution in [0.15, 0.2) is 18.3 Å². The van der Waals surface area contributed by atoms with Crippen molar-refractivity contribution < 1.29 is 0 Å². The predicted octanol–water partition coefficient (Wildman–Crippen LogP) is 1.64. The van der Waals surface area contributed by atoms with Crippen LogP contribution in [0.4, 0.5) is 5.69 Å². The Morgan fingerprint density at radius 1 is 1.33 bits per heavy atom. The monoisotopic (exact) mass is 287 g/mol. The second-order valence-electron chi connectivity index (χ2n) is 6.07. The van der Waals surface area contributed by atoms with Crippen molar-refractivity contribution in [2.75, 3.05) is 45.1 Å². The average molecular weight is 287 g/mol. The van der Waals surface area contributed by atoms with Crippen LogP contribution in [0.5, 0.6) is 0 Å². The van der Waals surface area contributed by atoms with Crippen LogP contribution >= 0.6 is 0 Å². The fourth-order valence-electron chi connectivity index (χ4n) is 2.76. The molecule has 0 aromatic carbocycles. The van der Waals surface area contributed by atoms with Crippen LogP contribution in [0.2, 0.25) is 0 Å².